The summed E-state index contributed by atoms with van der Waals surface area (Å²) in [5, 5.41) is 0. The Balaban J connectivity index is 0. The van der Waals surface area contributed by atoms with Crippen LogP contribution in [-0.4, -0.2) is 0 Å². The van der Waals surface area contributed by atoms with Crippen molar-refractivity contribution in [3.8, 4) is 0 Å². The molecule has 0 saturated carbocycles. The second kappa shape index (κ2) is 5.09. The molecule has 12 heavy (non-hydrogen) atoms. The second-order valence-corrected chi connectivity index (χ2v) is 3.12. The number of halogens is 1. The fraction of sp³-hybridized carbons (Fsp3) is 0.500. The van der Waals surface area contributed by atoms with Crippen LogP contribution < -0.4 is 12.4 Å². The predicted octanol–water partition coefficient (Wildman–Crippen LogP) is -0.0509. The fourth-order valence-electron chi connectivity index (χ4n) is 1.41. The fourth-order valence-corrected chi connectivity index (χ4v) is 1.41. The molecule has 0 aliphatic heterocycles. The second-order valence-electron chi connectivity index (χ2n) is 3.12. The zero-order valence-corrected chi connectivity index (χ0v) is 10.7. The Hall–Kier alpha value is 0.263. The van der Waals surface area contributed by atoms with Gasteiger partial charge in [0.15, 0.2) is 0 Å². The minimum Gasteiger partial charge on any atom is -1.00 e. The molecule has 69 valence electrons. The summed E-state index contributed by atoms with van der Waals surface area (Å²) in [4.78, 5) is 0. The van der Waals surface area contributed by atoms with Gasteiger partial charge in [-0.3, -0.25) is 0 Å². The smallest absolute Gasteiger partial charge is 1.00 e. The van der Waals surface area contributed by atoms with E-state index in [2.05, 4.69) is 34.6 Å². The normalized spacial score (nSPS) is 8.75. The SMILES string of the molecule is Cc1c(C)c(C)[c-](C)c1C.[Cl-].[Ru+3]. The van der Waals surface area contributed by atoms with E-state index in [1.165, 1.54) is 27.8 Å². The van der Waals surface area contributed by atoms with Gasteiger partial charge in [-0.1, -0.05) is 34.6 Å². The van der Waals surface area contributed by atoms with E-state index in [-0.39, 0.29) is 31.9 Å². The molecule has 1 aromatic carbocycles. The molecule has 0 amide bonds. The van der Waals surface area contributed by atoms with Gasteiger partial charge < -0.3 is 12.4 Å². The van der Waals surface area contributed by atoms with Gasteiger partial charge in [0.1, 0.15) is 0 Å². The standard InChI is InChI=1S/C10H15.ClH.Ru/c1-6-7(2)9(4)10(5)8(6)3;;/h1-5H3;1H;/q-1;;+3/p-1. The minimum atomic E-state index is 0. The summed E-state index contributed by atoms with van der Waals surface area (Å²) in [6, 6.07) is 0. The first-order valence-electron chi connectivity index (χ1n) is 3.75. The van der Waals surface area contributed by atoms with Crippen molar-refractivity contribution in [3.63, 3.8) is 0 Å². The number of hydrogen-bond donors (Lipinski definition) is 0. The monoisotopic (exact) mass is 272 g/mol. The van der Waals surface area contributed by atoms with Crippen LogP contribution in [0.25, 0.3) is 0 Å². The molecule has 0 nitrogen and oxygen atoms in total. The van der Waals surface area contributed by atoms with E-state index in [0.29, 0.717) is 0 Å². The molecule has 0 bridgehead atoms. The van der Waals surface area contributed by atoms with Gasteiger partial charge >= 0.3 is 19.5 Å². The van der Waals surface area contributed by atoms with Crippen molar-refractivity contribution >= 4 is 0 Å². The molecular weight excluding hydrogens is 257 g/mol. The van der Waals surface area contributed by atoms with Gasteiger partial charge in [-0.25, -0.2) is 0 Å². The molecule has 1 radical (unpaired) electrons. The molecule has 0 atom stereocenters. The maximum Gasteiger partial charge on any atom is 3.00 e. The van der Waals surface area contributed by atoms with E-state index in [1.807, 2.05) is 0 Å². The Bertz CT molecular complexity index is 181. The summed E-state index contributed by atoms with van der Waals surface area (Å²) in [6.45, 7) is 11.0. The first kappa shape index (κ1) is 14.8. The quantitative estimate of drug-likeness (QED) is 0.459. The van der Waals surface area contributed by atoms with Crippen molar-refractivity contribution in [1.82, 2.24) is 0 Å². The van der Waals surface area contributed by atoms with Crippen LogP contribution in [0.2, 0.25) is 0 Å². The van der Waals surface area contributed by atoms with E-state index in [0.717, 1.165) is 0 Å². The Morgan fingerprint density at radius 1 is 0.833 bits per heavy atom. The molecule has 0 saturated heterocycles. The van der Waals surface area contributed by atoms with E-state index in [4.69, 9.17) is 0 Å². The van der Waals surface area contributed by atoms with Crippen molar-refractivity contribution < 1.29 is 31.9 Å². The molecule has 1 aromatic rings. The largest absolute Gasteiger partial charge is 3.00 e. The van der Waals surface area contributed by atoms with Gasteiger partial charge in [-0.15, -0.1) is 0 Å². The van der Waals surface area contributed by atoms with Crippen LogP contribution in [0.15, 0.2) is 0 Å². The zero-order chi connectivity index (χ0) is 7.89. The maximum atomic E-state index is 2.20. The molecule has 0 aromatic heterocycles. The van der Waals surface area contributed by atoms with Crippen molar-refractivity contribution in [2.75, 3.05) is 0 Å². The topological polar surface area (TPSA) is 0 Å². The van der Waals surface area contributed by atoms with Crippen LogP contribution in [0.3, 0.4) is 0 Å². The average molecular weight is 272 g/mol. The zero-order valence-electron chi connectivity index (χ0n) is 8.23. The Labute approximate surface area is 94.3 Å². The molecule has 1 rings (SSSR count). The summed E-state index contributed by atoms with van der Waals surface area (Å²) in [6.07, 6.45) is 0. The van der Waals surface area contributed by atoms with E-state index in [9.17, 15) is 0 Å². The molecule has 0 aliphatic carbocycles. The number of hydrogen-bond acceptors (Lipinski definition) is 0. The van der Waals surface area contributed by atoms with Crippen LogP contribution >= 0.6 is 0 Å². The first-order valence-corrected chi connectivity index (χ1v) is 3.75. The third kappa shape index (κ3) is 2.14. The van der Waals surface area contributed by atoms with Gasteiger partial charge in [-0.05, 0) is 0 Å². The Morgan fingerprint density at radius 3 is 1.17 bits per heavy atom. The van der Waals surface area contributed by atoms with Crippen LogP contribution in [0.4, 0.5) is 0 Å². The van der Waals surface area contributed by atoms with Gasteiger partial charge in [0, 0.05) is 0 Å². The van der Waals surface area contributed by atoms with Crippen molar-refractivity contribution in [1.29, 1.82) is 0 Å². The molecule has 0 fully saturated rings. The molecule has 0 heterocycles. The number of rotatable bonds is 0. The van der Waals surface area contributed by atoms with Crippen LogP contribution in [0.1, 0.15) is 27.8 Å². The molecule has 0 unspecified atom stereocenters. The molecular formula is C10H15ClRu+. The van der Waals surface area contributed by atoms with Gasteiger partial charge in [0.2, 0.25) is 0 Å². The van der Waals surface area contributed by atoms with Gasteiger partial charge in [0.05, 0.1) is 0 Å². The Morgan fingerprint density at radius 2 is 1.08 bits per heavy atom. The van der Waals surface area contributed by atoms with Gasteiger partial charge in [0.25, 0.3) is 0 Å². The predicted molar refractivity (Wildman–Crippen MR) is 45.7 cm³/mol. The summed E-state index contributed by atoms with van der Waals surface area (Å²) >= 11 is 0. The summed E-state index contributed by atoms with van der Waals surface area (Å²) in [5.41, 5.74) is 7.34. The van der Waals surface area contributed by atoms with E-state index in [1.54, 1.807) is 0 Å². The van der Waals surface area contributed by atoms with Crippen molar-refractivity contribution in [2.45, 2.75) is 34.6 Å². The van der Waals surface area contributed by atoms with Gasteiger partial charge in [-0.2, -0.15) is 27.8 Å². The van der Waals surface area contributed by atoms with Crippen molar-refractivity contribution in [2.24, 2.45) is 0 Å². The van der Waals surface area contributed by atoms with Crippen LogP contribution in [0.5, 0.6) is 0 Å². The molecule has 2 heteroatoms. The van der Waals surface area contributed by atoms with Crippen LogP contribution in [0, 0.1) is 34.6 Å². The van der Waals surface area contributed by atoms with Crippen LogP contribution in [-0.2, 0) is 19.5 Å². The third-order valence-electron chi connectivity index (χ3n) is 2.81. The minimum absolute atomic E-state index is 0. The first-order chi connectivity index (χ1) is 4.55. The van der Waals surface area contributed by atoms with Crippen molar-refractivity contribution in [3.05, 3.63) is 27.8 Å². The molecule has 0 spiro atoms. The molecule has 0 N–H and O–H groups in total. The summed E-state index contributed by atoms with van der Waals surface area (Å²) in [7, 11) is 0. The average Bonchev–Trinajstić information content (AvgIpc) is 2.07. The summed E-state index contributed by atoms with van der Waals surface area (Å²) < 4.78 is 0. The molecule has 0 aliphatic rings. The third-order valence-corrected chi connectivity index (χ3v) is 2.81. The maximum absolute atomic E-state index is 2.20. The Kier molecular flexibility index (Phi) is 6.27. The van der Waals surface area contributed by atoms with E-state index < -0.39 is 0 Å². The van der Waals surface area contributed by atoms with E-state index >= 15 is 0 Å². The summed E-state index contributed by atoms with van der Waals surface area (Å²) in [5.74, 6) is 0.